The molecule has 7 heteroatoms. The van der Waals surface area contributed by atoms with Gasteiger partial charge < -0.3 is 19.4 Å². The monoisotopic (exact) mass is 330 g/mol. The molecule has 1 amide bonds. The molecule has 1 fully saturated rings. The lowest BCUT2D eigenvalue weighted by atomic mass is 10.0. The first-order valence-electron chi connectivity index (χ1n) is 8.07. The topological polar surface area (TPSA) is 80.5 Å². The van der Waals surface area contributed by atoms with Crippen LogP contribution in [0, 0.1) is 13.8 Å². The van der Waals surface area contributed by atoms with Crippen LogP contribution in [0.15, 0.2) is 22.8 Å². The summed E-state index contributed by atoms with van der Waals surface area (Å²) < 4.78 is 10.5. The van der Waals surface area contributed by atoms with Crippen LogP contribution < -0.4 is 10.1 Å². The summed E-state index contributed by atoms with van der Waals surface area (Å²) in [4.78, 5) is 22.9. The molecule has 0 spiro atoms. The van der Waals surface area contributed by atoms with Crippen molar-refractivity contribution in [2.75, 3.05) is 25.5 Å². The molecule has 1 N–H and O–H groups in total. The molecule has 0 saturated carbocycles. The van der Waals surface area contributed by atoms with Crippen molar-refractivity contribution in [3.05, 3.63) is 35.5 Å². The first kappa shape index (κ1) is 16.3. The van der Waals surface area contributed by atoms with Crippen molar-refractivity contribution >= 4 is 11.7 Å². The molecule has 0 bridgehead atoms. The van der Waals surface area contributed by atoms with Crippen molar-refractivity contribution in [2.24, 2.45) is 0 Å². The third kappa shape index (κ3) is 3.34. The second-order valence-electron chi connectivity index (χ2n) is 5.94. The number of ether oxygens (including phenoxy) is 1. The normalized spacial score (nSPS) is 15.4. The molecule has 1 aliphatic rings. The molecule has 128 valence electrons. The second kappa shape index (κ2) is 6.90. The molecule has 1 saturated heterocycles. The fourth-order valence-corrected chi connectivity index (χ4v) is 2.92. The number of aryl methyl sites for hydroxylation is 1. The van der Waals surface area contributed by atoms with Gasteiger partial charge in [0.1, 0.15) is 11.6 Å². The van der Waals surface area contributed by atoms with E-state index in [-0.39, 0.29) is 11.9 Å². The van der Waals surface area contributed by atoms with Gasteiger partial charge in [-0.25, -0.2) is 4.98 Å². The van der Waals surface area contributed by atoms with Gasteiger partial charge >= 0.3 is 0 Å². The molecule has 0 radical (unpaired) electrons. The highest BCUT2D eigenvalue weighted by atomic mass is 16.5. The molecule has 24 heavy (non-hydrogen) atoms. The van der Waals surface area contributed by atoms with Crippen LogP contribution in [0.25, 0.3) is 0 Å². The van der Waals surface area contributed by atoms with Crippen LogP contribution in [0.1, 0.15) is 34.8 Å². The lowest BCUT2D eigenvalue weighted by molar-refractivity contribution is 0.0686. The number of methoxy groups -OCH3 is 1. The van der Waals surface area contributed by atoms with Crippen molar-refractivity contribution < 1.29 is 13.9 Å². The number of hydrogen-bond donors (Lipinski definition) is 1. The Morgan fingerprint density at radius 2 is 2.08 bits per heavy atom. The van der Waals surface area contributed by atoms with Crippen molar-refractivity contribution in [3.63, 3.8) is 0 Å². The highest BCUT2D eigenvalue weighted by Crippen LogP contribution is 2.24. The van der Waals surface area contributed by atoms with E-state index in [4.69, 9.17) is 9.15 Å². The van der Waals surface area contributed by atoms with Crippen molar-refractivity contribution in [2.45, 2.75) is 32.7 Å². The Hall–Kier alpha value is -2.57. The predicted molar refractivity (Wildman–Crippen MR) is 89.3 cm³/mol. The van der Waals surface area contributed by atoms with Crippen molar-refractivity contribution in [1.29, 1.82) is 0 Å². The van der Waals surface area contributed by atoms with Crippen LogP contribution in [-0.4, -0.2) is 47.0 Å². The fourth-order valence-electron chi connectivity index (χ4n) is 2.92. The third-order valence-corrected chi connectivity index (χ3v) is 4.26. The summed E-state index contributed by atoms with van der Waals surface area (Å²) >= 11 is 0. The Kier molecular flexibility index (Phi) is 4.69. The Balaban J connectivity index is 1.62. The number of anilines is 1. The van der Waals surface area contributed by atoms with E-state index in [0.29, 0.717) is 30.6 Å². The number of carbonyl (C=O) groups is 1. The number of aromatic nitrogens is 2. The van der Waals surface area contributed by atoms with Gasteiger partial charge in [0.2, 0.25) is 5.88 Å². The maximum absolute atomic E-state index is 12.3. The van der Waals surface area contributed by atoms with Gasteiger partial charge in [-0.05, 0) is 38.8 Å². The largest absolute Gasteiger partial charge is 0.481 e. The van der Waals surface area contributed by atoms with Crippen molar-refractivity contribution in [3.8, 4) is 5.88 Å². The van der Waals surface area contributed by atoms with E-state index >= 15 is 0 Å². The minimum Gasteiger partial charge on any atom is -0.481 e. The highest BCUT2D eigenvalue weighted by Gasteiger charge is 2.25. The maximum atomic E-state index is 12.3. The number of rotatable bonds is 4. The molecule has 3 rings (SSSR count). The number of likely N-dealkylation sites (tertiary alicyclic amines) is 1. The standard InChI is InChI=1S/C17H22N4O3/c1-11-15(18-12(2)19-16(11)23-3)20-13-6-8-21(9-7-13)17(22)14-5-4-10-24-14/h4-5,10,13H,6-9H2,1-3H3,(H,18,19,20). The van der Waals surface area contributed by atoms with E-state index in [2.05, 4.69) is 15.3 Å². The van der Waals surface area contributed by atoms with Gasteiger partial charge in [-0.1, -0.05) is 0 Å². The Bertz CT molecular complexity index is 707. The van der Waals surface area contributed by atoms with E-state index in [9.17, 15) is 4.79 Å². The van der Waals surface area contributed by atoms with Gasteiger partial charge in [-0.2, -0.15) is 4.98 Å². The Labute approximate surface area is 141 Å². The van der Waals surface area contributed by atoms with Crippen LogP contribution in [0.4, 0.5) is 5.82 Å². The lowest BCUT2D eigenvalue weighted by Crippen LogP contribution is -2.42. The summed E-state index contributed by atoms with van der Waals surface area (Å²) in [6, 6.07) is 3.70. The Morgan fingerprint density at radius 1 is 1.33 bits per heavy atom. The van der Waals surface area contributed by atoms with E-state index in [0.717, 1.165) is 24.2 Å². The first-order chi connectivity index (χ1) is 11.6. The molecule has 0 atom stereocenters. The van der Waals surface area contributed by atoms with E-state index in [1.54, 1.807) is 19.2 Å². The van der Waals surface area contributed by atoms with Crippen LogP contribution in [0.5, 0.6) is 5.88 Å². The molecule has 1 aliphatic heterocycles. The molecular formula is C17H22N4O3. The molecule has 7 nitrogen and oxygen atoms in total. The molecule has 0 unspecified atom stereocenters. The first-order valence-corrected chi connectivity index (χ1v) is 8.07. The molecular weight excluding hydrogens is 308 g/mol. The SMILES string of the molecule is COc1nc(C)nc(NC2CCN(C(=O)c3ccco3)CC2)c1C. The Morgan fingerprint density at radius 3 is 2.71 bits per heavy atom. The van der Waals surface area contributed by atoms with Gasteiger partial charge in [0.25, 0.3) is 5.91 Å². The molecule has 0 aliphatic carbocycles. The summed E-state index contributed by atoms with van der Waals surface area (Å²) in [5.41, 5.74) is 0.900. The minimum atomic E-state index is -0.0471. The molecule has 0 aromatic carbocycles. The number of amides is 1. The summed E-state index contributed by atoms with van der Waals surface area (Å²) in [6.07, 6.45) is 3.24. The number of furan rings is 1. The molecule has 2 aromatic rings. The van der Waals surface area contributed by atoms with Crippen LogP contribution in [0.2, 0.25) is 0 Å². The summed E-state index contributed by atoms with van der Waals surface area (Å²) in [7, 11) is 1.61. The molecule has 3 heterocycles. The van der Waals surface area contributed by atoms with E-state index < -0.39 is 0 Å². The van der Waals surface area contributed by atoms with Gasteiger partial charge in [-0.15, -0.1) is 0 Å². The van der Waals surface area contributed by atoms with E-state index in [1.165, 1.54) is 6.26 Å². The summed E-state index contributed by atoms with van der Waals surface area (Å²) in [6.45, 7) is 5.17. The fraction of sp³-hybridized carbons (Fsp3) is 0.471. The van der Waals surface area contributed by atoms with Gasteiger partial charge in [-0.3, -0.25) is 4.79 Å². The summed E-state index contributed by atoms with van der Waals surface area (Å²) in [5, 5.41) is 3.47. The minimum absolute atomic E-state index is 0.0471. The average Bonchev–Trinajstić information content (AvgIpc) is 3.12. The predicted octanol–water partition coefficient (Wildman–Crippen LogP) is 2.41. The van der Waals surface area contributed by atoms with Crippen LogP contribution >= 0.6 is 0 Å². The number of carbonyl (C=O) groups excluding carboxylic acids is 1. The zero-order valence-electron chi connectivity index (χ0n) is 14.2. The maximum Gasteiger partial charge on any atom is 0.289 e. The van der Waals surface area contributed by atoms with Gasteiger partial charge in [0.15, 0.2) is 5.76 Å². The van der Waals surface area contributed by atoms with E-state index in [1.807, 2.05) is 18.7 Å². The molecule has 2 aromatic heterocycles. The zero-order chi connectivity index (χ0) is 17.1. The summed E-state index contributed by atoms with van der Waals surface area (Å²) in [5.74, 6) is 2.42. The van der Waals surface area contributed by atoms with Crippen LogP contribution in [0.3, 0.4) is 0 Å². The lowest BCUT2D eigenvalue weighted by Gasteiger charge is -2.32. The number of hydrogen-bond acceptors (Lipinski definition) is 6. The van der Waals surface area contributed by atoms with Crippen LogP contribution in [-0.2, 0) is 0 Å². The smallest absolute Gasteiger partial charge is 0.289 e. The van der Waals surface area contributed by atoms with Gasteiger partial charge in [0.05, 0.1) is 18.9 Å². The third-order valence-electron chi connectivity index (χ3n) is 4.26. The quantitative estimate of drug-likeness (QED) is 0.927. The number of nitrogens with one attached hydrogen (secondary N) is 1. The zero-order valence-corrected chi connectivity index (χ0v) is 14.2. The van der Waals surface area contributed by atoms with Crippen molar-refractivity contribution in [1.82, 2.24) is 14.9 Å². The number of nitrogens with zero attached hydrogens (tertiary/aromatic N) is 3. The number of piperidine rings is 1. The highest BCUT2D eigenvalue weighted by molar-refractivity contribution is 5.91. The van der Waals surface area contributed by atoms with Gasteiger partial charge in [0, 0.05) is 19.1 Å². The second-order valence-corrected chi connectivity index (χ2v) is 5.94. The average molecular weight is 330 g/mol.